The molecular formula is C13H17FN2O4. The molecule has 6 nitrogen and oxygen atoms in total. The second-order valence-corrected chi connectivity index (χ2v) is 4.63. The van der Waals surface area contributed by atoms with Gasteiger partial charge in [0.05, 0.1) is 4.92 Å². The van der Waals surface area contributed by atoms with Crippen LogP contribution >= 0.6 is 0 Å². The molecule has 0 aliphatic heterocycles. The number of nitro groups is 1. The van der Waals surface area contributed by atoms with E-state index in [1.165, 1.54) is 6.07 Å². The molecule has 3 unspecified atom stereocenters. The van der Waals surface area contributed by atoms with Crippen molar-refractivity contribution in [1.29, 1.82) is 0 Å². The van der Waals surface area contributed by atoms with E-state index in [0.717, 1.165) is 25.1 Å². The highest BCUT2D eigenvalue weighted by Crippen LogP contribution is 2.30. The molecular weight excluding hydrogens is 267 g/mol. The maximum Gasteiger partial charge on any atom is 0.305 e. The third-order valence-corrected chi connectivity index (χ3v) is 3.39. The summed E-state index contributed by atoms with van der Waals surface area (Å²) in [4.78, 5) is 9.77. The molecule has 1 fully saturated rings. The highest BCUT2D eigenvalue weighted by Gasteiger charge is 2.42. The fourth-order valence-electron chi connectivity index (χ4n) is 2.36. The van der Waals surface area contributed by atoms with Gasteiger partial charge in [-0.15, -0.1) is 0 Å². The van der Waals surface area contributed by atoms with Crippen molar-refractivity contribution in [3.63, 3.8) is 0 Å². The van der Waals surface area contributed by atoms with Gasteiger partial charge in [-0.1, -0.05) is 6.92 Å². The first-order valence-electron chi connectivity index (χ1n) is 6.43. The molecule has 7 heteroatoms. The van der Waals surface area contributed by atoms with Gasteiger partial charge < -0.3 is 14.8 Å². The first kappa shape index (κ1) is 14.7. The molecule has 110 valence electrons. The summed E-state index contributed by atoms with van der Waals surface area (Å²) < 4.78 is 24.4. The average Bonchev–Trinajstić information content (AvgIpc) is 2.37. The molecule has 0 heterocycles. The number of halogens is 1. The normalized spacial score (nSPS) is 25.1. The summed E-state index contributed by atoms with van der Waals surface area (Å²) in [6.45, 7) is 2.84. The van der Waals surface area contributed by atoms with Crippen LogP contribution in [0.3, 0.4) is 0 Å². The fraction of sp³-hybridized carbons (Fsp3) is 0.538. The van der Waals surface area contributed by atoms with Crippen LogP contribution in [0.4, 0.5) is 10.1 Å². The van der Waals surface area contributed by atoms with E-state index in [9.17, 15) is 14.5 Å². The van der Waals surface area contributed by atoms with Gasteiger partial charge in [0.2, 0.25) is 5.82 Å². The van der Waals surface area contributed by atoms with Crippen LogP contribution in [0.25, 0.3) is 0 Å². The Labute approximate surface area is 116 Å². The zero-order valence-electron chi connectivity index (χ0n) is 11.3. The lowest BCUT2D eigenvalue weighted by Gasteiger charge is -2.43. The number of likely N-dealkylation sites (N-methyl/N-ethyl adjacent to an activating group) is 1. The third kappa shape index (κ3) is 2.88. The second-order valence-electron chi connectivity index (χ2n) is 4.63. The van der Waals surface area contributed by atoms with Crippen molar-refractivity contribution in [1.82, 2.24) is 5.32 Å². The number of nitrogens with one attached hydrogen (secondary N) is 1. The van der Waals surface area contributed by atoms with Crippen LogP contribution in [-0.2, 0) is 4.74 Å². The summed E-state index contributed by atoms with van der Waals surface area (Å²) in [5.74, 6) is -0.626. The number of hydrogen-bond acceptors (Lipinski definition) is 5. The van der Waals surface area contributed by atoms with Crippen LogP contribution in [0, 0.1) is 15.9 Å². The van der Waals surface area contributed by atoms with Crippen molar-refractivity contribution in [2.24, 2.45) is 0 Å². The molecule has 0 spiro atoms. The Hall–Kier alpha value is -1.73. The summed E-state index contributed by atoms with van der Waals surface area (Å²) in [7, 11) is 1.60. The predicted octanol–water partition coefficient (Wildman–Crippen LogP) is 1.88. The summed E-state index contributed by atoms with van der Waals surface area (Å²) >= 11 is 0. The van der Waals surface area contributed by atoms with Gasteiger partial charge in [0.1, 0.15) is 18.0 Å². The van der Waals surface area contributed by atoms with Crippen LogP contribution in [0.1, 0.15) is 13.3 Å². The number of ether oxygens (including phenoxy) is 2. The van der Waals surface area contributed by atoms with Gasteiger partial charge in [-0.05, 0) is 12.6 Å². The molecule has 0 radical (unpaired) electrons. The molecule has 1 aliphatic rings. The SMILES string of the molecule is CCNC1CC(Oc2ccc([N+](=O)[O-])c(F)c2)C1OC. The van der Waals surface area contributed by atoms with E-state index in [2.05, 4.69) is 5.32 Å². The van der Waals surface area contributed by atoms with E-state index < -0.39 is 16.4 Å². The lowest BCUT2D eigenvalue weighted by atomic mass is 9.85. The highest BCUT2D eigenvalue weighted by atomic mass is 19.1. The summed E-state index contributed by atoms with van der Waals surface area (Å²) in [5, 5.41) is 13.8. The fourth-order valence-corrected chi connectivity index (χ4v) is 2.36. The number of hydrogen-bond donors (Lipinski definition) is 1. The molecule has 1 saturated carbocycles. The predicted molar refractivity (Wildman–Crippen MR) is 70.3 cm³/mol. The van der Waals surface area contributed by atoms with E-state index in [1.807, 2.05) is 6.92 Å². The van der Waals surface area contributed by atoms with Gasteiger partial charge in [0.15, 0.2) is 0 Å². The Balaban J connectivity index is 2.01. The molecule has 0 saturated heterocycles. The van der Waals surface area contributed by atoms with Crippen molar-refractivity contribution in [3.8, 4) is 5.75 Å². The van der Waals surface area contributed by atoms with Gasteiger partial charge in [0.25, 0.3) is 0 Å². The van der Waals surface area contributed by atoms with E-state index in [1.54, 1.807) is 7.11 Å². The molecule has 1 aromatic carbocycles. The molecule has 3 atom stereocenters. The van der Waals surface area contributed by atoms with Crippen LogP contribution in [-0.4, -0.2) is 36.8 Å². The first-order chi connectivity index (χ1) is 9.56. The second kappa shape index (κ2) is 6.15. The lowest BCUT2D eigenvalue weighted by Crippen LogP contribution is -2.60. The Morgan fingerprint density at radius 2 is 2.30 bits per heavy atom. The topological polar surface area (TPSA) is 73.6 Å². The number of benzene rings is 1. The van der Waals surface area contributed by atoms with Gasteiger partial charge in [0, 0.05) is 31.7 Å². The summed E-state index contributed by atoms with van der Waals surface area (Å²) in [6.07, 6.45) is 0.475. The monoisotopic (exact) mass is 284 g/mol. The van der Waals surface area contributed by atoms with Crippen LogP contribution in [0.2, 0.25) is 0 Å². The summed E-state index contributed by atoms with van der Waals surface area (Å²) in [6, 6.07) is 3.75. The van der Waals surface area contributed by atoms with E-state index in [-0.39, 0.29) is 24.0 Å². The number of nitrogens with zero attached hydrogens (tertiary/aromatic N) is 1. The molecule has 0 aromatic heterocycles. The van der Waals surface area contributed by atoms with Crippen molar-refractivity contribution in [3.05, 3.63) is 34.1 Å². The molecule has 0 bridgehead atoms. The molecule has 1 aliphatic carbocycles. The van der Waals surface area contributed by atoms with E-state index in [0.29, 0.717) is 0 Å². The number of rotatable bonds is 6. The molecule has 2 rings (SSSR count). The minimum Gasteiger partial charge on any atom is -0.487 e. The van der Waals surface area contributed by atoms with Gasteiger partial charge in [-0.3, -0.25) is 10.1 Å². The molecule has 20 heavy (non-hydrogen) atoms. The maximum absolute atomic E-state index is 13.5. The number of methoxy groups -OCH3 is 1. The van der Waals surface area contributed by atoms with Crippen molar-refractivity contribution in [2.45, 2.75) is 31.6 Å². The third-order valence-electron chi connectivity index (χ3n) is 3.39. The van der Waals surface area contributed by atoms with Crippen molar-refractivity contribution in [2.75, 3.05) is 13.7 Å². The maximum atomic E-state index is 13.5. The quantitative estimate of drug-likeness (QED) is 0.637. The van der Waals surface area contributed by atoms with E-state index in [4.69, 9.17) is 9.47 Å². The van der Waals surface area contributed by atoms with Crippen LogP contribution < -0.4 is 10.1 Å². The minimum atomic E-state index is -0.899. The zero-order valence-corrected chi connectivity index (χ0v) is 11.3. The smallest absolute Gasteiger partial charge is 0.305 e. The van der Waals surface area contributed by atoms with Gasteiger partial charge >= 0.3 is 5.69 Å². The van der Waals surface area contributed by atoms with Crippen LogP contribution in [0.15, 0.2) is 18.2 Å². The lowest BCUT2D eigenvalue weighted by molar-refractivity contribution is -0.387. The molecule has 1 aromatic rings. The first-order valence-corrected chi connectivity index (χ1v) is 6.43. The highest BCUT2D eigenvalue weighted by molar-refractivity contribution is 5.38. The van der Waals surface area contributed by atoms with Crippen molar-refractivity contribution < 1.29 is 18.8 Å². The zero-order chi connectivity index (χ0) is 14.7. The van der Waals surface area contributed by atoms with Crippen molar-refractivity contribution >= 4 is 5.69 Å². The van der Waals surface area contributed by atoms with Crippen LogP contribution in [0.5, 0.6) is 5.75 Å². The minimum absolute atomic E-state index is 0.104. The van der Waals surface area contributed by atoms with E-state index >= 15 is 0 Å². The summed E-state index contributed by atoms with van der Waals surface area (Å²) in [5.41, 5.74) is -0.556. The Bertz CT molecular complexity index is 497. The average molecular weight is 284 g/mol. The Kier molecular flexibility index (Phi) is 4.51. The number of nitro benzene ring substituents is 1. The molecule has 0 amide bonds. The largest absolute Gasteiger partial charge is 0.487 e. The van der Waals surface area contributed by atoms with Gasteiger partial charge in [-0.25, -0.2) is 0 Å². The standard InChI is InChI=1S/C13H17FN2O4/c1-3-15-10-7-12(13(10)19-2)20-8-4-5-11(16(17)18)9(14)6-8/h4-6,10,12-13,15H,3,7H2,1-2H3. The Morgan fingerprint density at radius 1 is 1.55 bits per heavy atom. The molecule has 1 N–H and O–H groups in total. The Morgan fingerprint density at radius 3 is 2.85 bits per heavy atom. The van der Waals surface area contributed by atoms with Gasteiger partial charge in [-0.2, -0.15) is 4.39 Å².